The van der Waals surface area contributed by atoms with Gasteiger partial charge < -0.3 is 5.73 Å². The highest BCUT2D eigenvalue weighted by Crippen LogP contribution is 2.28. The number of hydrogen-bond acceptors (Lipinski definition) is 4. The average Bonchev–Trinajstić information content (AvgIpc) is 2.93. The lowest BCUT2D eigenvalue weighted by molar-refractivity contribution is 0.787. The summed E-state index contributed by atoms with van der Waals surface area (Å²) in [6, 6.07) is 11.8. The van der Waals surface area contributed by atoms with Gasteiger partial charge in [0.25, 0.3) is 0 Å². The molecule has 0 atom stereocenters. The van der Waals surface area contributed by atoms with Crippen molar-refractivity contribution in [3.8, 4) is 17.1 Å². The predicted octanol–water partition coefficient (Wildman–Crippen LogP) is 3.29. The number of nitrogens with zero attached hydrogens (tertiary/aromatic N) is 4. The van der Waals surface area contributed by atoms with E-state index in [1.54, 1.807) is 4.68 Å². The fourth-order valence-electron chi connectivity index (χ4n) is 2.19. The third-order valence-corrected chi connectivity index (χ3v) is 3.81. The van der Waals surface area contributed by atoms with Gasteiger partial charge in [0.1, 0.15) is 0 Å². The Balaban J connectivity index is 2.22. The summed E-state index contributed by atoms with van der Waals surface area (Å²) < 4.78 is 2.69. The summed E-state index contributed by atoms with van der Waals surface area (Å²) in [6.07, 6.45) is 0. The smallest absolute Gasteiger partial charge is 0.189 e. The van der Waals surface area contributed by atoms with Crippen LogP contribution < -0.4 is 5.73 Å². The van der Waals surface area contributed by atoms with Crippen LogP contribution in [0.5, 0.6) is 0 Å². The first-order chi connectivity index (χ1) is 10.1. The van der Waals surface area contributed by atoms with Crippen LogP contribution in [0.1, 0.15) is 11.1 Å². The Morgan fingerprint density at radius 2 is 1.90 bits per heavy atom. The molecule has 106 valence electrons. The van der Waals surface area contributed by atoms with Gasteiger partial charge in [-0.3, -0.25) is 0 Å². The van der Waals surface area contributed by atoms with E-state index < -0.39 is 0 Å². The van der Waals surface area contributed by atoms with Crippen molar-refractivity contribution in [3.05, 3.63) is 52.0 Å². The van der Waals surface area contributed by atoms with Crippen LogP contribution in [-0.4, -0.2) is 20.2 Å². The maximum atomic E-state index is 6.08. The van der Waals surface area contributed by atoms with Gasteiger partial charge in [-0.25, -0.2) is 0 Å². The van der Waals surface area contributed by atoms with Gasteiger partial charge in [0.2, 0.25) is 0 Å². The number of aromatic nitrogens is 4. The van der Waals surface area contributed by atoms with Gasteiger partial charge in [-0.15, -0.1) is 5.10 Å². The fraction of sp³-hybridized carbons (Fsp3) is 0.133. The van der Waals surface area contributed by atoms with E-state index >= 15 is 0 Å². The first-order valence-electron chi connectivity index (χ1n) is 6.47. The van der Waals surface area contributed by atoms with Crippen molar-refractivity contribution in [3.63, 3.8) is 0 Å². The van der Waals surface area contributed by atoms with E-state index in [-0.39, 0.29) is 0 Å². The molecule has 6 heteroatoms. The normalized spacial score (nSPS) is 10.8. The molecule has 0 amide bonds. The van der Waals surface area contributed by atoms with Crippen molar-refractivity contribution in [2.45, 2.75) is 13.8 Å². The van der Waals surface area contributed by atoms with Crippen LogP contribution in [0.25, 0.3) is 17.1 Å². The molecule has 0 saturated heterocycles. The van der Waals surface area contributed by atoms with E-state index in [9.17, 15) is 0 Å². The van der Waals surface area contributed by atoms with Crippen LogP contribution in [0.4, 0.5) is 5.69 Å². The summed E-state index contributed by atoms with van der Waals surface area (Å²) in [5.74, 6) is 0.636. The SMILES string of the molecule is Cc1ccc(N)c(-c2nnnn2-c2cc(Br)ccc2C)c1. The molecule has 0 saturated carbocycles. The molecule has 0 aliphatic heterocycles. The Labute approximate surface area is 130 Å². The zero-order valence-corrected chi connectivity index (χ0v) is 13.3. The fourth-order valence-corrected chi connectivity index (χ4v) is 2.54. The summed E-state index contributed by atoms with van der Waals surface area (Å²) in [4.78, 5) is 0. The van der Waals surface area contributed by atoms with Crippen LogP contribution in [0.15, 0.2) is 40.9 Å². The van der Waals surface area contributed by atoms with E-state index in [1.807, 2.05) is 50.2 Å². The number of nitrogen functional groups attached to an aromatic ring is 1. The van der Waals surface area contributed by atoms with Gasteiger partial charge in [0.15, 0.2) is 5.82 Å². The Morgan fingerprint density at radius 1 is 1.10 bits per heavy atom. The average molecular weight is 344 g/mol. The topological polar surface area (TPSA) is 69.6 Å². The Hall–Kier alpha value is -2.21. The number of tetrazole rings is 1. The van der Waals surface area contributed by atoms with Crippen molar-refractivity contribution in [2.75, 3.05) is 5.73 Å². The number of benzene rings is 2. The van der Waals surface area contributed by atoms with Gasteiger partial charge in [-0.05, 0) is 54.1 Å². The highest BCUT2D eigenvalue weighted by molar-refractivity contribution is 9.10. The van der Waals surface area contributed by atoms with Gasteiger partial charge in [0.05, 0.1) is 5.69 Å². The molecule has 21 heavy (non-hydrogen) atoms. The van der Waals surface area contributed by atoms with Gasteiger partial charge in [0, 0.05) is 15.7 Å². The van der Waals surface area contributed by atoms with Crippen LogP contribution in [0, 0.1) is 13.8 Å². The van der Waals surface area contributed by atoms with Crippen molar-refractivity contribution < 1.29 is 0 Å². The van der Waals surface area contributed by atoms with Gasteiger partial charge in [-0.1, -0.05) is 33.6 Å². The molecule has 0 aliphatic carbocycles. The second kappa shape index (κ2) is 5.29. The molecule has 0 aliphatic rings. The minimum absolute atomic E-state index is 0.636. The zero-order valence-electron chi connectivity index (χ0n) is 11.7. The van der Waals surface area contributed by atoms with E-state index in [0.717, 1.165) is 26.9 Å². The Morgan fingerprint density at radius 3 is 2.71 bits per heavy atom. The quantitative estimate of drug-likeness (QED) is 0.725. The predicted molar refractivity (Wildman–Crippen MR) is 86.2 cm³/mol. The van der Waals surface area contributed by atoms with Gasteiger partial charge >= 0.3 is 0 Å². The lowest BCUT2D eigenvalue weighted by Crippen LogP contribution is -2.04. The standard InChI is InChI=1S/C15H14BrN5/c1-9-3-6-13(17)12(7-9)15-18-19-20-21(15)14-8-11(16)5-4-10(14)2/h3-8H,17H2,1-2H3. The lowest BCUT2D eigenvalue weighted by Gasteiger charge is -2.10. The number of halogens is 1. The number of nitrogens with two attached hydrogens (primary N) is 1. The molecular formula is C15H14BrN5. The maximum Gasteiger partial charge on any atom is 0.189 e. The monoisotopic (exact) mass is 343 g/mol. The third kappa shape index (κ3) is 2.54. The van der Waals surface area contributed by atoms with Crippen LogP contribution in [-0.2, 0) is 0 Å². The molecule has 0 fully saturated rings. The lowest BCUT2D eigenvalue weighted by atomic mass is 10.1. The first-order valence-corrected chi connectivity index (χ1v) is 7.27. The summed E-state index contributed by atoms with van der Waals surface area (Å²) in [5, 5.41) is 12.1. The summed E-state index contributed by atoms with van der Waals surface area (Å²) in [7, 11) is 0. The zero-order chi connectivity index (χ0) is 15.0. The Kier molecular flexibility index (Phi) is 3.47. The van der Waals surface area contributed by atoms with Crippen molar-refractivity contribution in [1.29, 1.82) is 0 Å². The molecule has 1 heterocycles. The summed E-state index contributed by atoms with van der Waals surface area (Å²) in [5.41, 5.74) is 10.7. The highest BCUT2D eigenvalue weighted by Gasteiger charge is 2.15. The molecule has 0 bridgehead atoms. The van der Waals surface area contributed by atoms with Crippen LogP contribution in [0.3, 0.4) is 0 Å². The highest BCUT2D eigenvalue weighted by atomic mass is 79.9. The second-order valence-electron chi connectivity index (χ2n) is 4.94. The summed E-state index contributed by atoms with van der Waals surface area (Å²) >= 11 is 3.48. The number of rotatable bonds is 2. The van der Waals surface area contributed by atoms with Crippen LogP contribution >= 0.6 is 15.9 Å². The maximum absolute atomic E-state index is 6.08. The minimum Gasteiger partial charge on any atom is -0.398 e. The number of anilines is 1. The van der Waals surface area contributed by atoms with E-state index in [4.69, 9.17) is 5.73 Å². The number of aryl methyl sites for hydroxylation is 2. The molecule has 3 aromatic rings. The van der Waals surface area contributed by atoms with Crippen molar-refractivity contribution in [1.82, 2.24) is 20.2 Å². The number of hydrogen-bond donors (Lipinski definition) is 1. The van der Waals surface area contributed by atoms with E-state index in [1.165, 1.54) is 0 Å². The summed E-state index contributed by atoms with van der Waals surface area (Å²) in [6.45, 7) is 4.04. The van der Waals surface area contributed by atoms with Crippen LogP contribution in [0.2, 0.25) is 0 Å². The van der Waals surface area contributed by atoms with E-state index in [0.29, 0.717) is 11.5 Å². The van der Waals surface area contributed by atoms with E-state index in [2.05, 4.69) is 31.5 Å². The van der Waals surface area contributed by atoms with Gasteiger partial charge in [-0.2, -0.15) is 4.68 Å². The second-order valence-corrected chi connectivity index (χ2v) is 5.85. The first kappa shape index (κ1) is 13.8. The Bertz CT molecular complexity index is 744. The molecule has 0 radical (unpaired) electrons. The molecule has 2 aromatic carbocycles. The molecule has 0 unspecified atom stereocenters. The molecule has 1 aromatic heterocycles. The molecular weight excluding hydrogens is 330 g/mol. The minimum atomic E-state index is 0.636. The molecule has 5 nitrogen and oxygen atoms in total. The van der Waals surface area contributed by atoms with Crippen molar-refractivity contribution >= 4 is 21.6 Å². The molecule has 2 N–H and O–H groups in total. The largest absolute Gasteiger partial charge is 0.398 e. The molecule has 0 spiro atoms. The van der Waals surface area contributed by atoms with Crippen molar-refractivity contribution in [2.24, 2.45) is 0 Å². The molecule has 3 rings (SSSR count). The third-order valence-electron chi connectivity index (χ3n) is 3.32.